The topological polar surface area (TPSA) is 85.6 Å². The van der Waals surface area contributed by atoms with Gasteiger partial charge in [0.05, 0.1) is 19.7 Å². The summed E-state index contributed by atoms with van der Waals surface area (Å²) in [5, 5.41) is 15.1. The van der Waals surface area contributed by atoms with E-state index in [0.717, 1.165) is 54.9 Å². The predicted molar refractivity (Wildman–Crippen MR) is 129 cm³/mol. The third kappa shape index (κ3) is 8.86. The maximum Gasteiger partial charge on any atom is 0.191 e. The average Bonchev–Trinajstić information content (AvgIpc) is 3.08. The Balaban J connectivity index is 2.05. The smallest absolute Gasteiger partial charge is 0.191 e. The zero-order valence-corrected chi connectivity index (χ0v) is 20.6. The highest BCUT2D eigenvalue weighted by molar-refractivity contribution is 5.79. The van der Waals surface area contributed by atoms with Crippen molar-refractivity contribution in [3.05, 3.63) is 41.0 Å². The molecular weight excluding hydrogens is 404 g/mol. The molecule has 8 nitrogen and oxygen atoms in total. The van der Waals surface area contributed by atoms with E-state index in [-0.39, 0.29) is 0 Å². The second kappa shape index (κ2) is 13.7. The van der Waals surface area contributed by atoms with Gasteiger partial charge in [-0.1, -0.05) is 26.0 Å². The number of aliphatic imine (C=N–C) groups is 1. The van der Waals surface area contributed by atoms with Crippen molar-refractivity contribution in [3.63, 3.8) is 0 Å². The summed E-state index contributed by atoms with van der Waals surface area (Å²) in [4.78, 5) is 4.81. The molecule has 0 aliphatic rings. The standard InChI is InChI=1S/C24H40N6O2/c1-18(2)9-7-14-32-22-15-19(3)10-11-21(22)16-26-24(25-12-8-13-31-6)27-17-23-29-28-20(4)30(23)5/h10-11,15,18H,7-9,12-14,16-17H2,1-6H3,(H2,25,26,27). The Hall–Kier alpha value is -2.61. The van der Waals surface area contributed by atoms with Crippen LogP contribution in [0.4, 0.5) is 0 Å². The first-order valence-corrected chi connectivity index (χ1v) is 11.5. The molecule has 2 aromatic rings. The van der Waals surface area contributed by atoms with Crippen LogP contribution < -0.4 is 15.4 Å². The van der Waals surface area contributed by atoms with Gasteiger partial charge in [-0.2, -0.15) is 0 Å². The Bertz CT molecular complexity index is 847. The fourth-order valence-electron chi connectivity index (χ4n) is 3.13. The summed E-state index contributed by atoms with van der Waals surface area (Å²) in [6.45, 7) is 11.8. The van der Waals surface area contributed by atoms with Crippen LogP contribution in [-0.2, 0) is 24.9 Å². The largest absolute Gasteiger partial charge is 0.493 e. The number of nitrogens with zero attached hydrogens (tertiary/aromatic N) is 4. The summed E-state index contributed by atoms with van der Waals surface area (Å²) >= 11 is 0. The number of ether oxygens (including phenoxy) is 2. The number of nitrogens with one attached hydrogen (secondary N) is 2. The molecule has 0 saturated carbocycles. The van der Waals surface area contributed by atoms with E-state index in [0.29, 0.717) is 25.6 Å². The molecule has 2 rings (SSSR count). The molecule has 178 valence electrons. The quantitative estimate of drug-likeness (QED) is 0.279. The van der Waals surface area contributed by atoms with E-state index >= 15 is 0 Å². The van der Waals surface area contributed by atoms with Gasteiger partial charge in [-0.15, -0.1) is 10.2 Å². The number of aryl methyl sites for hydroxylation is 2. The van der Waals surface area contributed by atoms with E-state index in [9.17, 15) is 0 Å². The molecule has 1 heterocycles. The summed E-state index contributed by atoms with van der Waals surface area (Å²) in [6, 6.07) is 6.31. The predicted octanol–water partition coefficient (Wildman–Crippen LogP) is 3.52. The van der Waals surface area contributed by atoms with Gasteiger partial charge in [0.2, 0.25) is 0 Å². The third-order valence-corrected chi connectivity index (χ3v) is 5.23. The maximum absolute atomic E-state index is 6.11. The molecule has 0 atom stereocenters. The lowest BCUT2D eigenvalue weighted by molar-refractivity contribution is 0.195. The summed E-state index contributed by atoms with van der Waals surface area (Å²) in [6.07, 6.45) is 3.12. The van der Waals surface area contributed by atoms with Crippen LogP contribution in [0, 0.1) is 19.8 Å². The Morgan fingerprint density at radius 1 is 1.12 bits per heavy atom. The van der Waals surface area contributed by atoms with E-state index in [1.165, 1.54) is 12.0 Å². The van der Waals surface area contributed by atoms with Crippen LogP contribution in [0.3, 0.4) is 0 Å². The summed E-state index contributed by atoms with van der Waals surface area (Å²) in [7, 11) is 3.67. The second-order valence-corrected chi connectivity index (χ2v) is 8.51. The van der Waals surface area contributed by atoms with Gasteiger partial charge in [0.25, 0.3) is 0 Å². The summed E-state index contributed by atoms with van der Waals surface area (Å²) in [5.41, 5.74) is 2.26. The first kappa shape index (κ1) is 25.6. The van der Waals surface area contributed by atoms with E-state index in [1.54, 1.807) is 7.11 Å². The lowest BCUT2D eigenvalue weighted by Crippen LogP contribution is -2.38. The first-order valence-electron chi connectivity index (χ1n) is 11.5. The van der Waals surface area contributed by atoms with Crippen molar-refractivity contribution in [1.82, 2.24) is 25.4 Å². The Labute approximate surface area is 192 Å². The van der Waals surface area contributed by atoms with Crippen molar-refractivity contribution in [2.24, 2.45) is 18.0 Å². The SMILES string of the molecule is COCCCNC(=NCc1ccc(C)cc1OCCCC(C)C)NCc1nnc(C)n1C. The zero-order valence-electron chi connectivity index (χ0n) is 20.6. The minimum Gasteiger partial charge on any atom is -0.493 e. The van der Waals surface area contributed by atoms with Gasteiger partial charge in [0.1, 0.15) is 11.6 Å². The molecule has 8 heteroatoms. The number of aromatic nitrogens is 3. The fourth-order valence-corrected chi connectivity index (χ4v) is 3.13. The molecule has 0 radical (unpaired) electrons. The minimum absolute atomic E-state index is 0.525. The van der Waals surface area contributed by atoms with Crippen LogP contribution in [0.15, 0.2) is 23.2 Å². The fraction of sp³-hybridized carbons (Fsp3) is 0.625. The molecule has 0 aliphatic carbocycles. The van der Waals surface area contributed by atoms with Gasteiger partial charge >= 0.3 is 0 Å². The number of guanidine groups is 1. The van der Waals surface area contributed by atoms with Crippen LogP contribution in [0.5, 0.6) is 5.75 Å². The molecule has 0 amide bonds. The first-order chi connectivity index (χ1) is 15.4. The van der Waals surface area contributed by atoms with Crippen LogP contribution in [0.1, 0.15) is 55.9 Å². The number of benzene rings is 1. The molecule has 1 aromatic carbocycles. The number of hydrogen-bond donors (Lipinski definition) is 2. The Morgan fingerprint density at radius 3 is 2.62 bits per heavy atom. The molecule has 2 N–H and O–H groups in total. The lowest BCUT2D eigenvalue weighted by atomic mass is 10.1. The number of hydrogen-bond acceptors (Lipinski definition) is 5. The molecule has 0 aliphatic heterocycles. The van der Waals surface area contributed by atoms with Gasteiger partial charge in [-0.3, -0.25) is 0 Å². The number of methoxy groups -OCH3 is 1. The van der Waals surface area contributed by atoms with E-state index in [2.05, 4.69) is 59.8 Å². The third-order valence-electron chi connectivity index (χ3n) is 5.23. The van der Waals surface area contributed by atoms with Crippen molar-refractivity contribution in [2.75, 3.05) is 26.9 Å². The van der Waals surface area contributed by atoms with Crippen molar-refractivity contribution >= 4 is 5.96 Å². The van der Waals surface area contributed by atoms with Gasteiger partial charge < -0.3 is 24.7 Å². The molecule has 0 bridgehead atoms. The molecular formula is C24H40N6O2. The molecule has 0 unspecified atom stereocenters. The molecule has 0 fully saturated rings. The zero-order chi connectivity index (χ0) is 23.3. The van der Waals surface area contributed by atoms with Crippen molar-refractivity contribution in [2.45, 2.75) is 60.0 Å². The molecule has 0 saturated heterocycles. The second-order valence-electron chi connectivity index (χ2n) is 8.51. The Kier molecular flexibility index (Phi) is 11.0. The van der Waals surface area contributed by atoms with Crippen molar-refractivity contribution in [1.29, 1.82) is 0 Å². The van der Waals surface area contributed by atoms with E-state index in [4.69, 9.17) is 14.5 Å². The molecule has 0 spiro atoms. The normalized spacial score (nSPS) is 11.8. The summed E-state index contributed by atoms with van der Waals surface area (Å²) < 4.78 is 13.2. The minimum atomic E-state index is 0.525. The number of rotatable bonds is 13. The van der Waals surface area contributed by atoms with Crippen LogP contribution in [-0.4, -0.2) is 47.6 Å². The highest BCUT2D eigenvalue weighted by Crippen LogP contribution is 2.22. The average molecular weight is 445 g/mol. The van der Waals surface area contributed by atoms with Gasteiger partial charge in [-0.25, -0.2) is 4.99 Å². The van der Waals surface area contributed by atoms with E-state index < -0.39 is 0 Å². The van der Waals surface area contributed by atoms with Gasteiger partial charge in [0, 0.05) is 32.9 Å². The van der Waals surface area contributed by atoms with Crippen LogP contribution in [0.25, 0.3) is 0 Å². The van der Waals surface area contributed by atoms with Gasteiger partial charge in [0.15, 0.2) is 11.8 Å². The maximum atomic E-state index is 6.11. The van der Waals surface area contributed by atoms with Crippen LogP contribution in [0.2, 0.25) is 0 Å². The Morgan fingerprint density at radius 2 is 1.94 bits per heavy atom. The summed E-state index contributed by atoms with van der Waals surface area (Å²) in [5.74, 6) is 4.08. The molecule has 1 aromatic heterocycles. The lowest BCUT2D eigenvalue weighted by Gasteiger charge is -2.14. The monoisotopic (exact) mass is 444 g/mol. The van der Waals surface area contributed by atoms with Crippen LogP contribution >= 0.6 is 0 Å². The van der Waals surface area contributed by atoms with Gasteiger partial charge in [-0.05, 0) is 50.7 Å². The van der Waals surface area contributed by atoms with Crippen molar-refractivity contribution < 1.29 is 9.47 Å². The molecule has 32 heavy (non-hydrogen) atoms. The highest BCUT2D eigenvalue weighted by atomic mass is 16.5. The van der Waals surface area contributed by atoms with E-state index in [1.807, 2.05) is 18.5 Å². The highest BCUT2D eigenvalue weighted by Gasteiger charge is 2.08. The van der Waals surface area contributed by atoms with Crippen molar-refractivity contribution in [3.8, 4) is 5.75 Å².